The van der Waals surface area contributed by atoms with Crippen LogP contribution in [-0.2, 0) is 0 Å². The molecule has 0 bridgehead atoms. The van der Waals surface area contributed by atoms with E-state index in [4.69, 9.17) is 11.6 Å². The van der Waals surface area contributed by atoms with E-state index in [1.165, 1.54) is 0 Å². The number of amides is 2. The summed E-state index contributed by atoms with van der Waals surface area (Å²) in [7, 11) is 0. The highest BCUT2D eigenvalue weighted by molar-refractivity contribution is 7.99. The highest BCUT2D eigenvalue weighted by atomic mass is 35.5. The zero-order valence-corrected chi connectivity index (χ0v) is 16.8. The Morgan fingerprint density at radius 2 is 1.74 bits per heavy atom. The van der Waals surface area contributed by atoms with Crippen LogP contribution in [0.2, 0.25) is 5.02 Å². The second kappa shape index (κ2) is 9.24. The molecule has 1 saturated heterocycles. The molecule has 7 heteroatoms. The molecule has 2 amide bonds. The molecule has 0 saturated carbocycles. The van der Waals surface area contributed by atoms with Crippen molar-refractivity contribution in [2.75, 3.05) is 31.9 Å². The first-order chi connectivity index (χ1) is 13.1. The van der Waals surface area contributed by atoms with Gasteiger partial charge in [-0.05, 0) is 36.4 Å². The van der Waals surface area contributed by atoms with Crippen LogP contribution in [0.25, 0.3) is 0 Å². The van der Waals surface area contributed by atoms with Crippen molar-refractivity contribution in [2.45, 2.75) is 18.4 Å². The summed E-state index contributed by atoms with van der Waals surface area (Å²) in [6.45, 7) is 4.29. The SMILES string of the molecule is CCSc1ccc(C(=O)N2CCCN(C(=O)c3ccccc3Cl)CC2)cn1. The second-order valence-electron chi connectivity index (χ2n) is 6.24. The van der Waals surface area contributed by atoms with Crippen LogP contribution >= 0.6 is 23.4 Å². The maximum atomic E-state index is 12.8. The number of aromatic nitrogens is 1. The van der Waals surface area contributed by atoms with Gasteiger partial charge in [0.05, 0.1) is 21.2 Å². The van der Waals surface area contributed by atoms with Crippen molar-refractivity contribution in [3.63, 3.8) is 0 Å². The van der Waals surface area contributed by atoms with Gasteiger partial charge in [-0.3, -0.25) is 9.59 Å². The summed E-state index contributed by atoms with van der Waals surface area (Å²) in [5.74, 6) is 0.821. The Labute approximate surface area is 168 Å². The molecule has 1 aromatic carbocycles. The molecule has 2 heterocycles. The predicted octanol–water partition coefficient (Wildman–Crippen LogP) is 3.84. The van der Waals surface area contributed by atoms with Crippen molar-refractivity contribution in [3.8, 4) is 0 Å². The molecule has 1 aliphatic rings. The number of carbonyl (C=O) groups is 2. The molecule has 1 aromatic heterocycles. The van der Waals surface area contributed by atoms with E-state index in [0.29, 0.717) is 42.3 Å². The Morgan fingerprint density at radius 1 is 1.04 bits per heavy atom. The van der Waals surface area contributed by atoms with Crippen molar-refractivity contribution in [3.05, 3.63) is 58.7 Å². The summed E-state index contributed by atoms with van der Waals surface area (Å²) < 4.78 is 0. The summed E-state index contributed by atoms with van der Waals surface area (Å²) in [6, 6.07) is 10.8. The average Bonchev–Trinajstić information content (AvgIpc) is 2.94. The van der Waals surface area contributed by atoms with Crippen LogP contribution in [0, 0.1) is 0 Å². The Morgan fingerprint density at radius 3 is 2.37 bits per heavy atom. The van der Waals surface area contributed by atoms with Gasteiger partial charge in [-0.15, -0.1) is 11.8 Å². The van der Waals surface area contributed by atoms with E-state index in [1.807, 2.05) is 12.1 Å². The van der Waals surface area contributed by atoms with Crippen molar-refractivity contribution in [2.24, 2.45) is 0 Å². The molecule has 0 aliphatic carbocycles. The molecule has 0 N–H and O–H groups in total. The highest BCUT2D eigenvalue weighted by Crippen LogP contribution is 2.19. The molecular weight excluding hydrogens is 382 g/mol. The largest absolute Gasteiger partial charge is 0.337 e. The van der Waals surface area contributed by atoms with Crippen molar-refractivity contribution >= 4 is 35.2 Å². The van der Waals surface area contributed by atoms with Gasteiger partial charge < -0.3 is 9.80 Å². The number of hydrogen-bond acceptors (Lipinski definition) is 4. The third-order valence-corrected chi connectivity index (χ3v) is 5.61. The van der Waals surface area contributed by atoms with Crippen LogP contribution in [0.15, 0.2) is 47.6 Å². The molecule has 0 radical (unpaired) electrons. The minimum absolute atomic E-state index is 0.0393. The zero-order chi connectivity index (χ0) is 19.2. The summed E-state index contributed by atoms with van der Waals surface area (Å²) in [5, 5.41) is 1.37. The van der Waals surface area contributed by atoms with Crippen LogP contribution in [0.4, 0.5) is 0 Å². The summed E-state index contributed by atoms with van der Waals surface area (Å²) in [5.41, 5.74) is 1.09. The number of carbonyl (C=O) groups excluding carboxylic acids is 2. The molecule has 0 atom stereocenters. The van der Waals surface area contributed by atoms with Gasteiger partial charge in [0.25, 0.3) is 11.8 Å². The molecular formula is C20H22ClN3O2S. The molecule has 0 spiro atoms. The van der Waals surface area contributed by atoms with Crippen molar-refractivity contribution in [1.82, 2.24) is 14.8 Å². The monoisotopic (exact) mass is 403 g/mol. The van der Waals surface area contributed by atoms with E-state index >= 15 is 0 Å². The van der Waals surface area contributed by atoms with Crippen LogP contribution in [0.5, 0.6) is 0 Å². The minimum Gasteiger partial charge on any atom is -0.337 e. The Kier molecular flexibility index (Phi) is 6.74. The molecule has 142 valence electrons. The van der Waals surface area contributed by atoms with Gasteiger partial charge in [0.2, 0.25) is 0 Å². The first-order valence-corrected chi connectivity index (χ1v) is 10.4. The molecule has 3 rings (SSSR count). The smallest absolute Gasteiger partial charge is 0.255 e. The van der Waals surface area contributed by atoms with Gasteiger partial charge in [0.1, 0.15) is 0 Å². The lowest BCUT2D eigenvalue weighted by molar-refractivity contribution is 0.0718. The Bertz CT molecular complexity index is 813. The minimum atomic E-state index is -0.0856. The van der Waals surface area contributed by atoms with Crippen LogP contribution < -0.4 is 0 Å². The quantitative estimate of drug-likeness (QED) is 0.728. The zero-order valence-electron chi connectivity index (χ0n) is 15.2. The number of halogens is 1. The molecule has 1 fully saturated rings. The van der Waals surface area contributed by atoms with Gasteiger partial charge in [0, 0.05) is 32.4 Å². The van der Waals surface area contributed by atoms with Gasteiger partial charge in [-0.25, -0.2) is 4.98 Å². The highest BCUT2D eigenvalue weighted by Gasteiger charge is 2.24. The van der Waals surface area contributed by atoms with E-state index in [9.17, 15) is 9.59 Å². The van der Waals surface area contributed by atoms with Crippen molar-refractivity contribution < 1.29 is 9.59 Å². The first kappa shape index (κ1) is 19.7. The van der Waals surface area contributed by atoms with Gasteiger partial charge in [-0.2, -0.15) is 0 Å². The topological polar surface area (TPSA) is 53.5 Å². The van der Waals surface area contributed by atoms with Crippen LogP contribution in [0.1, 0.15) is 34.1 Å². The lowest BCUT2D eigenvalue weighted by Crippen LogP contribution is -2.37. The summed E-state index contributed by atoms with van der Waals surface area (Å²) in [4.78, 5) is 33.4. The predicted molar refractivity (Wildman–Crippen MR) is 109 cm³/mol. The number of hydrogen-bond donors (Lipinski definition) is 0. The lowest BCUT2D eigenvalue weighted by Gasteiger charge is -2.22. The fourth-order valence-electron chi connectivity index (χ4n) is 3.05. The maximum absolute atomic E-state index is 12.8. The third-order valence-electron chi connectivity index (χ3n) is 4.45. The molecule has 0 unspecified atom stereocenters. The Balaban J connectivity index is 1.65. The lowest BCUT2D eigenvalue weighted by atomic mass is 10.2. The number of rotatable bonds is 4. The average molecular weight is 404 g/mol. The normalized spacial score (nSPS) is 14.7. The maximum Gasteiger partial charge on any atom is 0.255 e. The van der Waals surface area contributed by atoms with E-state index in [-0.39, 0.29) is 11.8 Å². The molecule has 2 aromatic rings. The van der Waals surface area contributed by atoms with Gasteiger partial charge in [0.15, 0.2) is 0 Å². The first-order valence-electron chi connectivity index (χ1n) is 9.02. The fraction of sp³-hybridized carbons (Fsp3) is 0.350. The third kappa shape index (κ3) is 4.82. The molecule has 5 nitrogen and oxygen atoms in total. The van der Waals surface area contributed by atoms with Crippen LogP contribution in [-0.4, -0.2) is 58.5 Å². The molecule has 1 aliphatic heterocycles. The summed E-state index contributed by atoms with van der Waals surface area (Å²) >= 11 is 7.80. The van der Waals surface area contributed by atoms with Crippen molar-refractivity contribution in [1.29, 1.82) is 0 Å². The van der Waals surface area contributed by atoms with E-state index in [1.54, 1.807) is 52.0 Å². The number of thioether (sulfide) groups is 1. The van der Waals surface area contributed by atoms with E-state index in [2.05, 4.69) is 11.9 Å². The Hall–Kier alpha value is -2.05. The number of benzene rings is 1. The second-order valence-corrected chi connectivity index (χ2v) is 7.93. The van der Waals surface area contributed by atoms with Crippen LogP contribution in [0.3, 0.4) is 0 Å². The molecule has 27 heavy (non-hydrogen) atoms. The van der Waals surface area contributed by atoms with Gasteiger partial charge >= 0.3 is 0 Å². The van der Waals surface area contributed by atoms with E-state index < -0.39 is 0 Å². The fourth-order valence-corrected chi connectivity index (χ4v) is 3.86. The summed E-state index contributed by atoms with van der Waals surface area (Å²) in [6.07, 6.45) is 2.37. The van der Waals surface area contributed by atoms with E-state index in [0.717, 1.165) is 17.2 Å². The van der Waals surface area contributed by atoms with Gasteiger partial charge in [-0.1, -0.05) is 30.7 Å². The standard InChI is InChI=1S/C20H22ClN3O2S/c1-2-27-18-9-8-15(14-22-18)19(25)23-10-5-11-24(13-12-23)20(26)16-6-3-4-7-17(16)21/h3-4,6-9,14H,2,5,10-13H2,1H3. The number of nitrogens with zero attached hydrogens (tertiary/aromatic N) is 3. The number of pyridine rings is 1.